The molecule has 1 aliphatic heterocycles. The largest absolute Gasteiger partial charge is 1.00 e. The number of hydrogen-bond acceptors (Lipinski definition) is 1. The van der Waals surface area contributed by atoms with Crippen LogP contribution >= 0.6 is 0 Å². The van der Waals surface area contributed by atoms with Crippen LogP contribution < -0.4 is 17.0 Å². The Balaban J connectivity index is 0.00000147. The molecular weight excluding hydrogens is 314 g/mol. The van der Waals surface area contributed by atoms with Crippen molar-refractivity contribution in [2.24, 2.45) is 0 Å². The number of benzene rings is 1. The summed E-state index contributed by atoms with van der Waals surface area (Å²) < 4.78 is 4.60. The molecule has 1 aromatic heterocycles. The van der Waals surface area contributed by atoms with E-state index in [4.69, 9.17) is 0 Å². The van der Waals surface area contributed by atoms with E-state index < -0.39 is 0 Å². The molecule has 0 spiro atoms. The van der Waals surface area contributed by atoms with Gasteiger partial charge in [0, 0.05) is 37.3 Å². The third-order valence-electron chi connectivity index (χ3n) is 3.72. The van der Waals surface area contributed by atoms with Gasteiger partial charge in [0.2, 0.25) is 0 Å². The quantitative estimate of drug-likeness (QED) is 0.526. The lowest BCUT2D eigenvalue weighted by molar-refractivity contribution is -0.524. The lowest BCUT2D eigenvalue weighted by Gasteiger charge is -2.12. The number of rotatable bonds is 5. The van der Waals surface area contributed by atoms with Gasteiger partial charge in [0.05, 0.1) is 6.33 Å². The molecule has 1 aliphatic rings. The zero-order valence-electron chi connectivity index (χ0n) is 11.6. The molecule has 1 aromatic carbocycles. The molecule has 0 unspecified atom stereocenters. The maximum absolute atomic E-state index is 4.06. The molecular formula is C16H20BrN3. The van der Waals surface area contributed by atoms with Crippen LogP contribution in [0, 0.1) is 0 Å². The summed E-state index contributed by atoms with van der Waals surface area (Å²) in [7, 11) is 0. The van der Waals surface area contributed by atoms with E-state index in [1.54, 1.807) is 0 Å². The Morgan fingerprint density at radius 1 is 1.20 bits per heavy atom. The molecule has 4 heteroatoms. The number of fused-ring (bicyclic) bond motifs is 1. The molecule has 3 rings (SSSR count). The lowest BCUT2D eigenvalue weighted by Crippen LogP contribution is -3.00. The second kappa shape index (κ2) is 7.39. The average Bonchev–Trinajstić information content (AvgIpc) is 2.97. The molecule has 3 nitrogen and oxygen atoms in total. The first-order valence-corrected chi connectivity index (χ1v) is 7.04. The summed E-state index contributed by atoms with van der Waals surface area (Å²) >= 11 is 0. The van der Waals surface area contributed by atoms with Crippen LogP contribution in [0.25, 0.3) is 0 Å². The van der Waals surface area contributed by atoms with Crippen LogP contribution in [0.5, 0.6) is 0 Å². The number of aromatic nitrogens is 2. The van der Waals surface area contributed by atoms with Gasteiger partial charge in [-0.05, 0) is 18.1 Å². The number of hydrogen-bond donors (Lipinski definition) is 0. The smallest absolute Gasteiger partial charge is 0.170 e. The highest BCUT2D eigenvalue weighted by Crippen LogP contribution is 2.11. The molecule has 2 heterocycles. The van der Waals surface area contributed by atoms with Crippen molar-refractivity contribution in [3.05, 3.63) is 54.1 Å². The Morgan fingerprint density at radius 3 is 2.95 bits per heavy atom. The van der Waals surface area contributed by atoms with E-state index in [1.807, 2.05) is 18.7 Å². The van der Waals surface area contributed by atoms with Crippen molar-refractivity contribution in [3.63, 3.8) is 0 Å². The van der Waals surface area contributed by atoms with Gasteiger partial charge < -0.3 is 21.5 Å². The van der Waals surface area contributed by atoms with Crippen molar-refractivity contribution in [1.82, 2.24) is 9.55 Å². The minimum atomic E-state index is 0. The highest BCUT2D eigenvalue weighted by atomic mass is 79.9. The van der Waals surface area contributed by atoms with Crippen molar-refractivity contribution < 1.29 is 21.6 Å². The second-order valence-electron chi connectivity index (χ2n) is 5.12. The summed E-state index contributed by atoms with van der Waals surface area (Å²) in [6.45, 7) is 3.38. The van der Waals surface area contributed by atoms with Crippen molar-refractivity contribution in [2.75, 3.05) is 13.1 Å². The highest BCUT2D eigenvalue weighted by Gasteiger charge is 2.14. The van der Waals surface area contributed by atoms with E-state index in [1.165, 1.54) is 30.4 Å². The standard InChI is InChI=1S/C16H20N3.BrH/c1-2-6-16-13-18(11-7-15(16)5-1)9-3-4-10-19-12-8-17-14-19;/h1-2,5-6,8,12-14H,3-4,7,9-11H2;1H/q+1;/p-1. The van der Waals surface area contributed by atoms with Gasteiger partial charge in [-0.1, -0.05) is 18.2 Å². The number of halogens is 1. The Kier molecular flexibility index (Phi) is 5.53. The lowest BCUT2D eigenvalue weighted by atomic mass is 10.0. The Hall–Kier alpha value is -1.42. The topological polar surface area (TPSA) is 20.8 Å². The van der Waals surface area contributed by atoms with Crippen LogP contribution in [-0.2, 0) is 13.0 Å². The molecule has 0 N–H and O–H groups in total. The second-order valence-corrected chi connectivity index (χ2v) is 5.12. The molecule has 106 valence electrons. The summed E-state index contributed by atoms with van der Waals surface area (Å²) in [5.74, 6) is 0. The fraction of sp³-hybridized carbons (Fsp3) is 0.375. The zero-order chi connectivity index (χ0) is 12.9. The minimum absolute atomic E-state index is 0. The fourth-order valence-corrected chi connectivity index (χ4v) is 2.62. The molecule has 0 amide bonds. The monoisotopic (exact) mass is 333 g/mol. The van der Waals surface area contributed by atoms with Crippen LogP contribution in [0.3, 0.4) is 0 Å². The third-order valence-corrected chi connectivity index (χ3v) is 3.72. The molecule has 20 heavy (non-hydrogen) atoms. The molecule has 0 atom stereocenters. The summed E-state index contributed by atoms with van der Waals surface area (Å²) in [6, 6.07) is 8.71. The summed E-state index contributed by atoms with van der Waals surface area (Å²) in [6.07, 6.45) is 11.7. The molecule has 0 saturated heterocycles. The predicted molar refractivity (Wildman–Crippen MR) is 76.8 cm³/mol. The Bertz CT molecular complexity index is 561. The first-order valence-electron chi connectivity index (χ1n) is 7.04. The van der Waals surface area contributed by atoms with Gasteiger partial charge in [0.1, 0.15) is 13.1 Å². The van der Waals surface area contributed by atoms with Gasteiger partial charge >= 0.3 is 0 Å². The Morgan fingerprint density at radius 2 is 2.10 bits per heavy atom. The predicted octanol–water partition coefficient (Wildman–Crippen LogP) is -0.645. The van der Waals surface area contributed by atoms with E-state index >= 15 is 0 Å². The number of aryl methyl sites for hydroxylation is 1. The maximum atomic E-state index is 4.06. The Labute approximate surface area is 130 Å². The highest BCUT2D eigenvalue weighted by molar-refractivity contribution is 5.78. The van der Waals surface area contributed by atoms with E-state index in [9.17, 15) is 0 Å². The van der Waals surface area contributed by atoms with E-state index in [-0.39, 0.29) is 17.0 Å². The molecule has 0 fully saturated rings. The molecule has 0 saturated carbocycles. The van der Waals surface area contributed by atoms with Crippen molar-refractivity contribution in [1.29, 1.82) is 0 Å². The van der Waals surface area contributed by atoms with Gasteiger partial charge in [-0.25, -0.2) is 9.56 Å². The van der Waals surface area contributed by atoms with Crippen LogP contribution in [0.2, 0.25) is 0 Å². The van der Waals surface area contributed by atoms with Crippen LogP contribution in [0.4, 0.5) is 0 Å². The van der Waals surface area contributed by atoms with E-state index in [2.05, 4.69) is 44.6 Å². The zero-order valence-corrected chi connectivity index (χ0v) is 13.2. The fourth-order valence-electron chi connectivity index (χ4n) is 2.62. The van der Waals surface area contributed by atoms with Crippen LogP contribution in [-0.4, -0.2) is 33.4 Å². The maximum Gasteiger partial charge on any atom is 0.170 e. The van der Waals surface area contributed by atoms with Crippen molar-refractivity contribution in [3.8, 4) is 0 Å². The van der Waals surface area contributed by atoms with Crippen molar-refractivity contribution in [2.45, 2.75) is 25.8 Å². The van der Waals surface area contributed by atoms with Crippen molar-refractivity contribution >= 4 is 6.21 Å². The molecule has 2 aromatic rings. The third kappa shape index (κ3) is 3.79. The van der Waals surface area contributed by atoms with Gasteiger partial charge in [-0.3, -0.25) is 0 Å². The first-order chi connectivity index (χ1) is 9.42. The molecule has 0 aliphatic carbocycles. The number of nitrogens with zero attached hydrogens (tertiary/aromatic N) is 3. The number of imidazole rings is 1. The van der Waals surface area contributed by atoms with Crippen LogP contribution in [0.15, 0.2) is 43.0 Å². The van der Waals surface area contributed by atoms with Gasteiger partial charge in [0.15, 0.2) is 6.21 Å². The summed E-state index contributed by atoms with van der Waals surface area (Å²) in [4.78, 5) is 4.06. The van der Waals surface area contributed by atoms with E-state index in [0.29, 0.717) is 0 Å². The average molecular weight is 334 g/mol. The minimum Gasteiger partial charge on any atom is -1.00 e. The van der Waals surface area contributed by atoms with Gasteiger partial charge in [-0.2, -0.15) is 0 Å². The van der Waals surface area contributed by atoms with Gasteiger partial charge in [0.25, 0.3) is 0 Å². The SMILES string of the molecule is C1=[N+](CCCCn2ccnc2)CCc2ccccc21.[Br-]. The summed E-state index contributed by atoms with van der Waals surface area (Å²) in [5.41, 5.74) is 2.88. The van der Waals surface area contributed by atoms with Gasteiger partial charge in [-0.15, -0.1) is 0 Å². The normalized spacial score (nSPS) is 13.3. The molecule has 0 radical (unpaired) electrons. The van der Waals surface area contributed by atoms with Crippen LogP contribution in [0.1, 0.15) is 24.0 Å². The molecule has 0 bridgehead atoms. The summed E-state index contributed by atoms with van der Waals surface area (Å²) in [5, 5.41) is 0. The first kappa shape index (κ1) is 15.0. The van der Waals surface area contributed by atoms with E-state index in [0.717, 1.165) is 19.6 Å². The number of unbranched alkanes of at least 4 members (excludes halogenated alkanes) is 1.